The smallest absolute Gasteiger partial charge is 0.101 e. The number of piperidine rings is 1. The summed E-state index contributed by atoms with van der Waals surface area (Å²) < 4.78 is 0. The molecule has 1 saturated heterocycles. The maximum atomic E-state index is 4.20. The van der Waals surface area contributed by atoms with E-state index in [2.05, 4.69) is 67.5 Å². The van der Waals surface area contributed by atoms with Gasteiger partial charge in [-0.15, -0.1) is 0 Å². The normalized spacial score (nSPS) is 14.4. The van der Waals surface area contributed by atoms with Crippen molar-refractivity contribution in [1.82, 2.24) is 15.1 Å². The van der Waals surface area contributed by atoms with Gasteiger partial charge in [-0.25, -0.2) is 0 Å². The minimum Gasteiger partial charge on any atom is -0.383 e. The molecule has 4 heteroatoms. The van der Waals surface area contributed by atoms with Crippen LogP contribution in [-0.2, 0) is 6.42 Å². The SMILES string of the molecule is C=C/C(=C\N(C)C)c1ccc(CC)c(NC(=C)NC(=C)N2CCCCC2)c1C. The van der Waals surface area contributed by atoms with Crippen molar-refractivity contribution in [2.45, 2.75) is 39.5 Å². The topological polar surface area (TPSA) is 30.5 Å². The van der Waals surface area contributed by atoms with Crippen molar-refractivity contribution in [3.8, 4) is 0 Å². The second-order valence-electron chi connectivity index (χ2n) is 7.60. The van der Waals surface area contributed by atoms with E-state index in [4.69, 9.17) is 0 Å². The van der Waals surface area contributed by atoms with Crippen molar-refractivity contribution in [1.29, 1.82) is 0 Å². The van der Waals surface area contributed by atoms with Crippen LogP contribution in [0, 0.1) is 6.92 Å². The minimum absolute atomic E-state index is 0.752. The van der Waals surface area contributed by atoms with Crippen LogP contribution in [0.15, 0.2) is 55.8 Å². The number of benzene rings is 1. The van der Waals surface area contributed by atoms with Crippen LogP contribution in [0.25, 0.3) is 5.57 Å². The number of aryl methyl sites for hydroxylation is 1. The lowest BCUT2D eigenvalue weighted by molar-refractivity contribution is 0.273. The summed E-state index contributed by atoms with van der Waals surface area (Å²) in [5, 5.41) is 6.86. The van der Waals surface area contributed by atoms with Crippen LogP contribution in [0.1, 0.15) is 42.9 Å². The lowest BCUT2D eigenvalue weighted by atomic mass is 9.95. The van der Waals surface area contributed by atoms with E-state index in [1.54, 1.807) is 0 Å². The maximum Gasteiger partial charge on any atom is 0.101 e. The average Bonchev–Trinajstić information content (AvgIpc) is 2.68. The zero-order chi connectivity index (χ0) is 20.7. The van der Waals surface area contributed by atoms with Gasteiger partial charge in [0.1, 0.15) is 5.82 Å². The maximum absolute atomic E-state index is 4.20. The predicted octanol–water partition coefficient (Wildman–Crippen LogP) is 5.08. The van der Waals surface area contributed by atoms with E-state index in [9.17, 15) is 0 Å². The highest BCUT2D eigenvalue weighted by atomic mass is 15.3. The van der Waals surface area contributed by atoms with Crippen LogP contribution in [0.3, 0.4) is 0 Å². The molecule has 0 bridgehead atoms. The molecule has 0 saturated carbocycles. The van der Waals surface area contributed by atoms with E-state index in [1.807, 2.05) is 25.1 Å². The molecule has 0 unspecified atom stereocenters. The van der Waals surface area contributed by atoms with Crippen molar-refractivity contribution in [3.63, 3.8) is 0 Å². The van der Waals surface area contributed by atoms with Gasteiger partial charge in [0.05, 0.1) is 5.82 Å². The number of hydrogen-bond donors (Lipinski definition) is 2. The Morgan fingerprint density at radius 3 is 2.43 bits per heavy atom. The summed E-state index contributed by atoms with van der Waals surface area (Å²) in [6, 6.07) is 4.36. The van der Waals surface area contributed by atoms with Gasteiger partial charge in [-0.05, 0) is 54.9 Å². The summed E-state index contributed by atoms with van der Waals surface area (Å²) in [7, 11) is 4.05. The molecule has 1 aromatic rings. The Bertz CT molecular complexity index is 752. The highest BCUT2D eigenvalue weighted by Crippen LogP contribution is 2.30. The Morgan fingerprint density at radius 2 is 1.86 bits per heavy atom. The number of anilines is 1. The number of rotatable bonds is 9. The Labute approximate surface area is 171 Å². The number of likely N-dealkylation sites (tertiary alicyclic amines) is 1. The average molecular weight is 381 g/mol. The van der Waals surface area contributed by atoms with Crippen molar-refractivity contribution in [2.75, 3.05) is 32.5 Å². The van der Waals surface area contributed by atoms with E-state index in [1.165, 1.54) is 36.0 Å². The van der Waals surface area contributed by atoms with Crippen LogP contribution in [0.5, 0.6) is 0 Å². The predicted molar refractivity (Wildman–Crippen MR) is 123 cm³/mol. The number of nitrogens with one attached hydrogen (secondary N) is 2. The van der Waals surface area contributed by atoms with E-state index >= 15 is 0 Å². The standard InChI is InChI=1S/C24H36N4/c1-8-21-13-14-23(22(9-2)17-27(6)7)18(3)24(21)26-19(4)25-20(5)28-15-11-10-12-16-28/h9,13-14,17,25-26H,2,4-5,8,10-12,15-16H2,1,3,6-7H3/b22-17+. The molecule has 2 rings (SSSR count). The summed E-state index contributed by atoms with van der Waals surface area (Å²) in [4.78, 5) is 4.34. The first-order chi connectivity index (χ1) is 13.4. The van der Waals surface area contributed by atoms with Gasteiger partial charge in [-0.1, -0.05) is 44.9 Å². The lowest BCUT2D eigenvalue weighted by Gasteiger charge is -2.31. The molecular weight excluding hydrogens is 344 g/mol. The van der Waals surface area contributed by atoms with Crippen LogP contribution >= 0.6 is 0 Å². The Balaban J connectivity index is 2.23. The summed E-state index contributed by atoms with van der Waals surface area (Å²) in [5.74, 6) is 1.67. The highest BCUT2D eigenvalue weighted by Gasteiger charge is 2.15. The fourth-order valence-electron chi connectivity index (χ4n) is 3.66. The second kappa shape index (κ2) is 10.1. The van der Waals surface area contributed by atoms with E-state index in [0.29, 0.717) is 0 Å². The molecule has 0 atom stereocenters. The Morgan fingerprint density at radius 1 is 1.18 bits per heavy atom. The third kappa shape index (κ3) is 5.44. The van der Waals surface area contributed by atoms with Crippen LogP contribution in [0.4, 0.5) is 5.69 Å². The van der Waals surface area contributed by atoms with Gasteiger partial charge in [-0.2, -0.15) is 0 Å². The second-order valence-corrected chi connectivity index (χ2v) is 7.60. The van der Waals surface area contributed by atoms with Crippen molar-refractivity contribution in [2.24, 2.45) is 0 Å². The van der Waals surface area contributed by atoms with E-state index < -0.39 is 0 Å². The molecule has 0 amide bonds. The molecular formula is C24H36N4. The number of hydrogen-bond acceptors (Lipinski definition) is 4. The van der Waals surface area contributed by atoms with Crippen LogP contribution in [0.2, 0.25) is 0 Å². The molecule has 4 nitrogen and oxygen atoms in total. The molecule has 0 radical (unpaired) electrons. The van der Waals surface area contributed by atoms with Crippen LogP contribution < -0.4 is 10.6 Å². The first-order valence-electron chi connectivity index (χ1n) is 10.2. The summed E-state index contributed by atoms with van der Waals surface area (Å²) >= 11 is 0. The molecule has 1 aliphatic heterocycles. The largest absolute Gasteiger partial charge is 0.383 e. The van der Waals surface area contributed by atoms with E-state index in [0.717, 1.165) is 42.4 Å². The van der Waals surface area contributed by atoms with Gasteiger partial charge >= 0.3 is 0 Å². The lowest BCUT2D eigenvalue weighted by Crippen LogP contribution is -2.35. The minimum atomic E-state index is 0.752. The van der Waals surface area contributed by atoms with Gasteiger partial charge in [0.25, 0.3) is 0 Å². The molecule has 1 heterocycles. The highest BCUT2D eigenvalue weighted by molar-refractivity contribution is 5.80. The summed E-state index contributed by atoms with van der Waals surface area (Å²) in [6.07, 6.45) is 8.71. The van der Waals surface area contributed by atoms with Gasteiger partial charge in [-0.3, -0.25) is 0 Å². The van der Waals surface area contributed by atoms with Gasteiger partial charge < -0.3 is 20.4 Å². The zero-order valence-corrected chi connectivity index (χ0v) is 18.1. The fraction of sp³-hybridized carbons (Fsp3) is 0.417. The Hall–Kier alpha value is -2.62. The molecule has 1 aliphatic rings. The number of nitrogens with zero attached hydrogens (tertiary/aromatic N) is 2. The molecule has 2 N–H and O–H groups in total. The molecule has 152 valence electrons. The first kappa shape index (κ1) is 21.7. The molecule has 1 fully saturated rings. The van der Waals surface area contributed by atoms with E-state index in [-0.39, 0.29) is 0 Å². The molecule has 0 aromatic heterocycles. The Kier molecular flexibility index (Phi) is 7.80. The van der Waals surface area contributed by atoms with Crippen molar-refractivity contribution in [3.05, 3.63) is 72.5 Å². The quantitative estimate of drug-likeness (QED) is 0.585. The zero-order valence-electron chi connectivity index (χ0n) is 18.1. The molecule has 0 aliphatic carbocycles. The molecule has 28 heavy (non-hydrogen) atoms. The first-order valence-corrected chi connectivity index (χ1v) is 10.2. The molecule has 0 spiro atoms. The van der Waals surface area contributed by atoms with Gasteiger partial charge in [0.2, 0.25) is 0 Å². The summed E-state index contributed by atoms with van der Waals surface area (Å²) in [5.41, 5.74) is 5.84. The van der Waals surface area contributed by atoms with Gasteiger partial charge in [0.15, 0.2) is 0 Å². The van der Waals surface area contributed by atoms with Crippen molar-refractivity contribution < 1.29 is 0 Å². The third-order valence-corrected chi connectivity index (χ3v) is 5.17. The van der Waals surface area contributed by atoms with Gasteiger partial charge in [0, 0.05) is 39.1 Å². The third-order valence-electron chi connectivity index (χ3n) is 5.17. The monoisotopic (exact) mass is 380 g/mol. The fourth-order valence-corrected chi connectivity index (χ4v) is 3.66. The molecule has 1 aromatic carbocycles. The van der Waals surface area contributed by atoms with Crippen molar-refractivity contribution >= 4 is 11.3 Å². The van der Waals surface area contributed by atoms with Crippen LogP contribution in [-0.4, -0.2) is 37.0 Å². The number of allylic oxidation sites excluding steroid dienone is 2. The summed E-state index contributed by atoms with van der Waals surface area (Å²) in [6.45, 7) is 18.8.